The smallest absolute Gasteiger partial charge is 0.255 e. The summed E-state index contributed by atoms with van der Waals surface area (Å²) in [5, 5.41) is 3.12. The largest absolute Gasteiger partial charge is 0.457 e. The zero-order valence-electron chi connectivity index (χ0n) is 10.5. The van der Waals surface area contributed by atoms with Gasteiger partial charge in [-0.1, -0.05) is 6.42 Å². The summed E-state index contributed by atoms with van der Waals surface area (Å²) in [6.45, 7) is 2.14. The third-order valence-electron chi connectivity index (χ3n) is 4.66. The molecule has 0 aliphatic heterocycles. The summed E-state index contributed by atoms with van der Waals surface area (Å²) in [4.78, 5) is 12.1. The van der Waals surface area contributed by atoms with E-state index in [2.05, 4.69) is 28.2 Å². The van der Waals surface area contributed by atoms with Crippen LogP contribution in [0.1, 0.15) is 43.0 Å². The molecule has 4 atom stereocenters. The Morgan fingerprint density at radius 2 is 2.33 bits per heavy atom. The van der Waals surface area contributed by atoms with E-state index in [-0.39, 0.29) is 11.9 Å². The summed E-state index contributed by atoms with van der Waals surface area (Å²) in [5.74, 6) is 2.38. The summed E-state index contributed by atoms with van der Waals surface area (Å²) < 4.78 is 5.61. The van der Waals surface area contributed by atoms with Crippen LogP contribution in [0.25, 0.3) is 0 Å². The number of nitrogens with one attached hydrogen (secondary N) is 1. The van der Waals surface area contributed by atoms with Gasteiger partial charge >= 0.3 is 0 Å². The average Bonchev–Trinajstić information content (AvgIpc) is 3.03. The summed E-state index contributed by atoms with van der Waals surface area (Å²) >= 11 is 3.25. The minimum Gasteiger partial charge on any atom is -0.457 e. The van der Waals surface area contributed by atoms with Gasteiger partial charge in [-0.2, -0.15) is 0 Å². The van der Waals surface area contributed by atoms with Crippen molar-refractivity contribution in [3.8, 4) is 0 Å². The van der Waals surface area contributed by atoms with E-state index in [0.717, 1.165) is 11.8 Å². The summed E-state index contributed by atoms with van der Waals surface area (Å²) in [6, 6.07) is 1.96. The maximum Gasteiger partial charge on any atom is 0.255 e. The van der Waals surface area contributed by atoms with Gasteiger partial charge in [0.05, 0.1) is 11.8 Å². The summed E-state index contributed by atoms with van der Waals surface area (Å²) in [6.07, 6.45) is 6.94. The van der Waals surface area contributed by atoms with Gasteiger partial charge in [0, 0.05) is 6.04 Å². The molecule has 3 rings (SSSR count). The predicted molar refractivity (Wildman–Crippen MR) is 72.3 cm³/mol. The van der Waals surface area contributed by atoms with Gasteiger partial charge in [-0.15, -0.1) is 0 Å². The first-order valence-electron chi connectivity index (χ1n) is 6.69. The van der Waals surface area contributed by atoms with Gasteiger partial charge in [0.15, 0.2) is 4.67 Å². The maximum atomic E-state index is 12.1. The van der Waals surface area contributed by atoms with E-state index in [4.69, 9.17) is 4.42 Å². The van der Waals surface area contributed by atoms with Crippen molar-refractivity contribution in [1.29, 1.82) is 0 Å². The number of hydrogen-bond donors (Lipinski definition) is 1. The first-order chi connectivity index (χ1) is 8.65. The second-order valence-electron chi connectivity index (χ2n) is 5.71. The molecule has 3 nitrogen and oxygen atoms in total. The lowest BCUT2D eigenvalue weighted by atomic mass is 9.84. The monoisotopic (exact) mass is 311 g/mol. The van der Waals surface area contributed by atoms with Crippen LogP contribution in [0.15, 0.2) is 21.4 Å². The molecule has 0 aromatic carbocycles. The first kappa shape index (κ1) is 12.3. The molecule has 2 bridgehead atoms. The van der Waals surface area contributed by atoms with E-state index >= 15 is 0 Å². The quantitative estimate of drug-likeness (QED) is 0.926. The lowest BCUT2D eigenvalue weighted by Gasteiger charge is -2.28. The van der Waals surface area contributed by atoms with Gasteiger partial charge in [-0.05, 0) is 65.9 Å². The van der Waals surface area contributed by atoms with Crippen molar-refractivity contribution < 1.29 is 9.21 Å². The van der Waals surface area contributed by atoms with E-state index in [1.165, 1.54) is 31.9 Å². The van der Waals surface area contributed by atoms with Crippen molar-refractivity contribution in [3.05, 3.63) is 22.6 Å². The highest BCUT2D eigenvalue weighted by molar-refractivity contribution is 9.10. The number of fused-ring (bicyclic) bond motifs is 2. The Bertz CT molecular complexity index is 456. The number of carbonyl (C=O) groups is 1. The van der Waals surface area contributed by atoms with Crippen molar-refractivity contribution >= 4 is 21.8 Å². The van der Waals surface area contributed by atoms with Crippen molar-refractivity contribution in [3.63, 3.8) is 0 Å². The van der Waals surface area contributed by atoms with Crippen LogP contribution in [0.3, 0.4) is 0 Å². The van der Waals surface area contributed by atoms with Crippen LogP contribution in [0.5, 0.6) is 0 Å². The lowest BCUT2D eigenvalue weighted by Crippen LogP contribution is -2.40. The molecule has 2 aliphatic carbocycles. The van der Waals surface area contributed by atoms with Crippen LogP contribution in [0, 0.1) is 17.8 Å². The van der Waals surface area contributed by atoms with Gasteiger partial charge < -0.3 is 9.73 Å². The molecule has 1 amide bonds. The fourth-order valence-corrected chi connectivity index (χ4v) is 4.17. The molecule has 0 radical (unpaired) electrons. The Morgan fingerprint density at radius 3 is 2.89 bits per heavy atom. The molecule has 1 aromatic heterocycles. The van der Waals surface area contributed by atoms with Gasteiger partial charge in [-0.25, -0.2) is 0 Å². The fraction of sp³-hybridized carbons (Fsp3) is 0.643. The van der Waals surface area contributed by atoms with Gasteiger partial charge in [0.1, 0.15) is 0 Å². The molecule has 98 valence electrons. The van der Waals surface area contributed by atoms with Gasteiger partial charge in [-0.3, -0.25) is 4.79 Å². The molecular weight excluding hydrogens is 294 g/mol. The highest BCUT2D eigenvalue weighted by Crippen LogP contribution is 2.49. The second kappa shape index (κ2) is 4.72. The minimum atomic E-state index is -0.0362. The number of amides is 1. The number of furan rings is 1. The molecule has 4 heteroatoms. The SMILES string of the molecule is CC(NC(=O)c1ccoc1Br)C1CC2CCC1C2. The molecule has 2 aliphatic rings. The van der Waals surface area contributed by atoms with E-state index in [0.29, 0.717) is 16.2 Å². The summed E-state index contributed by atoms with van der Waals surface area (Å²) in [5.41, 5.74) is 0.588. The van der Waals surface area contributed by atoms with Crippen LogP contribution >= 0.6 is 15.9 Å². The number of hydrogen-bond acceptors (Lipinski definition) is 2. The lowest BCUT2D eigenvalue weighted by molar-refractivity contribution is 0.0913. The normalized spacial score (nSPS) is 31.6. The van der Waals surface area contributed by atoms with E-state index in [1.54, 1.807) is 6.07 Å². The Balaban J connectivity index is 1.63. The van der Waals surface area contributed by atoms with Crippen LogP contribution in [-0.2, 0) is 0 Å². The molecule has 1 N–H and O–H groups in total. The Kier molecular flexibility index (Phi) is 3.22. The predicted octanol–water partition coefficient (Wildman–Crippen LogP) is 3.60. The minimum absolute atomic E-state index is 0.0362. The third-order valence-corrected chi connectivity index (χ3v) is 5.27. The van der Waals surface area contributed by atoms with Crippen molar-refractivity contribution in [1.82, 2.24) is 5.32 Å². The number of rotatable bonds is 3. The highest BCUT2D eigenvalue weighted by Gasteiger charge is 2.42. The standard InChI is InChI=1S/C14H18BrNO2/c1-8(12-7-9-2-3-10(12)6-9)16-14(17)11-4-5-18-13(11)15/h4-5,8-10,12H,2-3,6-7H2,1H3,(H,16,17). The Hall–Kier alpha value is -0.770. The molecule has 0 saturated heterocycles. The van der Waals surface area contributed by atoms with Gasteiger partial charge in [0.2, 0.25) is 0 Å². The number of halogens is 1. The Morgan fingerprint density at radius 1 is 1.50 bits per heavy atom. The molecular formula is C14H18BrNO2. The van der Waals surface area contributed by atoms with Crippen molar-refractivity contribution in [2.45, 2.75) is 38.6 Å². The van der Waals surface area contributed by atoms with E-state index in [9.17, 15) is 4.79 Å². The average molecular weight is 312 g/mol. The molecule has 1 heterocycles. The van der Waals surface area contributed by atoms with Gasteiger partial charge in [0.25, 0.3) is 5.91 Å². The molecule has 2 saturated carbocycles. The van der Waals surface area contributed by atoms with E-state index < -0.39 is 0 Å². The third kappa shape index (κ3) is 2.11. The van der Waals surface area contributed by atoms with E-state index in [1.807, 2.05) is 0 Å². The zero-order chi connectivity index (χ0) is 12.7. The maximum absolute atomic E-state index is 12.1. The van der Waals surface area contributed by atoms with Crippen LogP contribution in [0.4, 0.5) is 0 Å². The van der Waals surface area contributed by atoms with Crippen LogP contribution < -0.4 is 5.32 Å². The van der Waals surface area contributed by atoms with Crippen LogP contribution in [-0.4, -0.2) is 11.9 Å². The molecule has 18 heavy (non-hydrogen) atoms. The highest BCUT2D eigenvalue weighted by atomic mass is 79.9. The topological polar surface area (TPSA) is 42.2 Å². The Labute approximate surface area is 115 Å². The zero-order valence-corrected chi connectivity index (χ0v) is 12.1. The molecule has 0 spiro atoms. The van der Waals surface area contributed by atoms with Crippen molar-refractivity contribution in [2.24, 2.45) is 17.8 Å². The first-order valence-corrected chi connectivity index (χ1v) is 7.48. The molecule has 4 unspecified atom stereocenters. The fourth-order valence-electron chi connectivity index (χ4n) is 3.75. The molecule has 1 aromatic rings. The van der Waals surface area contributed by atoms with Crippen molar-refractivity contribution in [2.75, 3.05) is 0 Å². The van der Waals surface area contributed by atoms with Crippen LogP contribution in [0.2, 0.25) is 0 Å². The second-order valence-corrected chi connectivity index (χ2v) is 6.43. The number of carbonyl (C=O) groups excluding carboxylic acids is 1. The molecule has 2 fully saturated rings. The summed E-state index contributed by atoms with van der Waals surface area (Å²) in [7, 11) is 0.